The van der Waals surface area contributed by atoms with Crippen LogP contribution in [-0.2, 0) is 0 Å². The third kappa shape index (κ3) is 3.03. The van der Waals surface area contributed by atoms with E-state index in [4.69, 9.17) is 4.74 Å². The quantitative estimate of drug-likeness (QED) is 0.701. The SMILES string of the molecule is CC(C)(C)C1C=CC(N2c3ccccc3Oc3ccccc32)CN1C(=O)O. The number of benzene rings is 2. The Bertz CT molecular complexity index is 855. The third-order valence-corrected chi connectivity index (χ3v) is 5.17. The van der Waals surface area contributed by atoms with E-state index in [1.807, 2.05) is 54.6 Å². The Morgan fingerprint density at radius 2 is 1.56 bits per heavy atom. The Morgan fingerprint density at radius 3 is 2.07 bits per heavy atom. The summed E-state index contributed by atoms with van der Waals surface area (Å²) in [4.78, 5) is 15.7. The summed E-state index contributed by atoms with van der Waals surface area (Å²) >= 11 is 0. The van der Waals surface area contributed by atoms with E-state index in [9.17, 15) is 9.90 Å². The molecule has 2 atom stereocenters. The fraction of sp³-hybridized carbons (Fsp3) is 0.318. The van der Waals surface area contributed by atoms with Gasteiger partial charge in [0, 0.05) is 6.54 Å². The van der Waals surface area contributed by atoms with Gasteiger partial charge in [-0.15, -0.1) is 0 Å². The molecule has 2 unspecified atom stereocenters. The maximum atomic E-state index is 12.0. The van der Waals surface area contributed by atoms with Gasteiger partial charge in [-0.3, -0.25) is 4.90 Å². The summed E-state index contributed by atoms with van der Waals surface area (Å²) in [6.07, 6.45) is 3.27. The molecule has 0 fully saturated rings. The highest BCUT2D eigenvalue weighted by atomic mass is 16.5. The predicted molar refractivity (Wildman–Crippen MR) is 106 cm³/mol. The summed E-state index contributed by atoms with van der Waals surface area (Å²) in [6.45, 7) is 6.60. The number of hydrogen-bond donors (Lipinski definition) is 1. The molecule has 0 spiro atoms. The molecular weight excluding hydrogens is 340 g/mol. The minimum absolute atomic E-state index is 0.106. The van der Waals surface area contributed by atoms with Gasteiger partial charge in [0.25, 0.3) is 0 Å². The van der Waals surface area contributed by atoms with Crippen LogP contribution in [0.4, 0.5) is 16.2 Å². The van der Waals surface area contributed by atoms with Gasteiger partial charge < -0.3 is 14.7 Å². The molecule has 0 radical (unpaired) electrons. The summed E-state index contributed by atoms with van der Waals surface area (Å²) in [5.74, 6) is 1.56. The van der Waals surface area contributed by atoms with Crippen molar-refractivity contribution >= 4 is 17.5 Å². The first-order valence-corrected chi connectivity index (χ1v) is 9.19. The molecular formula is C22H24N2O3. The van der Waals surface area contributed by atoms with Crippen molar-refractivity contribution in [2.45, 2.75) is 32.9 Å². The van der Waals surface area contributed by atoms with Crippen molar-refractivity contribution in [1.29, 1.82) is 0 Å². The number of nitrogens with zero attached hydrogens (tertiary/aromatic N) is 2. The van der Waals surface area contributed by atoms with Gasteiger partial charge in [0.15, 0.2) is 11.5 Å². The Morgan fingerprint density at radius 1 is 1.00 bits per heavy atom. The Kier molecular flexibility index (Phi) is 4.10. The fourth-order valence-corrected chi connectivity index (χ4v) is 3.92. The first-order chi connectivity index (χ1) is 12.9. The van der Waals surface area contributed by atoms with Crippen LogP contribution in [0.1, 0.15) is 20.8 Å². The Labute approximate surface area is 159 Å². The van der Waals surface area contributed by atoms with Gasteiger partial charge >= 0.3 is 6.09 Å². The smallest absolute Gasteiger partial charge is 0.407 e. The van der Waals surface area contributed by atoms with Gasteiger partial charge in [-0.1, -0.05) is 57.2 Å². The minimum Gasteiger partial charge on any atom is -0.465 e. The van der Waals surface area contributed by atoms with E-state index in [0.717, 1.165) is 22.9 Å². The van der Waals surface area contributed by atoms with Crippen LogP contribution in [0.15, 0.2) is 60.7 Å². The summed E-state index contributed by atoms with van der Waals surface area (Å²) in [6, 6.07) is 15.5. The average Bonchev–Trinajstić information content (AvgIpc) is 2.64. The van der Waals surface area contributed by atoms with Crippen molar-refractivity contribution in [2.24, 2.45) is 5.41 Å². The number of rotatable bonds is 1. The number of ether oxygens (including phenoxy) is 1. The molecule has 2 aliphatic rings. The number of carboxylic acid groups (broad SMARTS) is 1. The van der Waals surface area contributed by atoms with Gasteiger partial charge in [-0.05, 0) is 29.7 Å². The van der Waals surface area contributed by atoms with Crippen molar-refractivity contribution in [2.75, 3.05) is 11.4 Å². The highest BCUT2D eigenvalue weighted by Gasteiger charge is 2.39. The Hall–Kier alpha value is -2.95. The zero-order valence-electron chi connectivity index (χ0n) is 15.8. The van der Waals surface area contributed by atoms with Gasteiger partial charge in [-0.2, -0.15) is 0 Å². The lowest BCUT2D eigenvalue weighted by Crippen LogP contribution is -2.54. The monoisotopic (exact) mass is 364 g/mol. The van der Waals surface area contributed by atoms with Crippen LogP contribution in [0, 0.1) is 5.41 Å². The molecule has 1 amide bonds. The van der Waals surface area contributed by atoms with Gasteiger partial charge in [-0.25, -0.2) is 4.79 Å². The average molecular weight is 364 g/mol. The second-order valence-electron chi connectivity index (χ2n) is 8.11. The lowest BCUT2D eigenvalue weighted by atomic mass is 9.83. The van der Waals surface area contributed by atoms with Gasteiger partial charge in [0.05, 0.1) is 23.5 Å². The van der Waals surface area contributed by atoms with Gasteiger partial charge in [0.1, 0.15) is 0 Å². The van der Waals surface area contributed by atoms with E-state index in [1.165, 1.54) is 0 Å². The van der Waals surface area contributed by atoms with E-state index in [1.54, 1.807) is 4.90 Å². The maximum absolute atomic E-state index is 12.0. The summed E-state index contributed by atoms with van der Waals surface area (Å²) in [5, 5.41) is 9.83. The van der Waals surface area contributed by atoms with E-state index in [0.29, 0.717) is 6.54 Å². The summed E-state index contributed by atoms with van der Waals surface area (Å²) < 4.78 is 6.05. The Balaban J connectivity index is 1.79. The number of carbonyl (C=O) groups is 1. The van der Waals surface area contributed by atoms with E-state index < -0.39 is 6.09 Å². The first kappa shape index (κ1) is 17.5. The highest BCUT2D eigenvalue weighted by Crippen LogP contribution is 2.48. The summed E-state index contributed by atoms with van der Waals surface area (Å²) in [7, 11) is 0. The second-order valence-corrected chi connectivity index (χ2v) is 8.11. The van der Waals surface area contributed by atoms with Crippen LogP contribution < -0.4 is 9.64 Å². The predicted octanol–water partition coefficient (Wildman–Crippen LogP) is 5.26. The van der Waals surface area contributed by atoms with Crippen LogP contribution in [0.25, 0.3) is 0 Å². The lowest BCUT2D eigenvalue weighted by molar-refractivity contribution is 0.0956. The largest absolute Gasteiger partial charge is 0.465 e. The van der Waals surface area contributed by atoms with Crippen molar-refractivity contribution in [3.63, 3.8) is 0 Å². The molecule has 0 saturated carbocycles. The fourth-order valence-electron chi connectivity index (χ4n) is 3.92. The van der Waals surface area contributed by atoms with Crippen LogP contribution in [0.2, 0.25) is 0 Å². The van der Waals surface area contributed by atoms with Crippen molar-refractivity contribution < 1.29 is 14.6 Å². The molecule has 4 rings (SSSR count). The number of para-hydroxylation sites is 4. The molecule has 140 valence electrons. The molecule has 5 heteroatoms. The van der Waals surface area contributed by atoms with Crippen LogP contribution in [0.3, 0.4) is 0 Å². The molecule has 0 aliphatic carbocycles. The van der Waals surface area contributed by atoms with Crippen molar-refractivity contribution in [3.05, 3.63) is 60.7 Å². The van der Waals surface area contributed by atoms with E-state index in [2.05, 4.69) is 31.7 Å². The second kappa shape index (κ2) is 6.34. The van der Waals surface area contributed by atoms with E-state index >= 15 is 0 Å². The molecule has 0 aromatic heterocycles. The topological polar surface area (TPSA) is 53.0 Å². The molecule has 2 heterocycles. The molecule has 1 N–H and O–H groups in total. The number of fused-ring (bicyclic) bond motifs is 2. The molecule has 0 bridgehead atoms. The molecule has 2 aromatic carbocycles. The van der Waals surface area contributed by atoms with Crippen molar-refractivity contribution in [1.82, 2.24) is 4.90 Å². The van der Waals surface area contributed by atoms with Crippen LogP contribution >= 0.6 is 0 Å². The molecule has 5 nitrogen and oxygen atoms in total. The van der Waals surface area contributed by atoms with E-state index in [-0.39, 0.29) is 17.5 Å². The standard InChI is InChI=1S/C22H24N2O3/c1-22(2,3)20-13-12-15(14-23(20)21(25)26)24-16-8-4-6-10-18(16)27-19-11-7-5-9-17(19)24/h4-13,15,20H,14H2,1-3H3,(H,25,26). The number of hydrogen-bond acceptors (Lipinski definition) is 3. The maximum Gasteiger partial charge on any atom is 0.407 e. The highest BCUT2D eigenvalue weighted by molar-refractivity contribution is 5.79. The summed E-state index contributed by atoms with van der Waals surface area (Å²) in [5.41, 5.74) is 1.73. The zero-order chi connectivity index (χ0) is 19.2. The molecule has 2 aliphatic heterocycles. The van der Waals surface area contributed by atoms with Crippen molar-refractivity contribution in [3.8, 4) is 11.5 Å². The molecule has 27 heavy (non-hydrogen) atoms. The minimum atomic E-state index is -0.890. The number of anilines is 2. The van der Waals surface area contributed by atoms with Gasteiger partial charge in [0.2, 0.25) is 0 Å². The molecule has 0 saturated heterocycles. The van der Waals surface area contributed by atoms with Crippen LogP contribution in [-0.4, -0.2) is 34.7 Å². The number of amides is 1. The lowest BCUT2D eigenvalue weighted by Gasteiger charge is -2.45. The first-order valence-electron chi connectivity index (χ1n) is 9.19. The zero-order valence-corrected chi connectivity index (χ0v) is 15.8. The normalized spacial score (nSPS) is 21.3. The molecule has 2 aromatic rings. The van der Waals surface area contributed by atoms with Crippen LogP contribution in [0.5, 0.6) is 11.5 Å². The third-order valence-electron chi connectivity index (χ3n) is 5.17.